The highest BCUT2D eigenvalue weighted by molar-refractivity contribution is 8.00. The van der Waals surface area contributed by atoms with E-state index in [-0.39, 0.29) is 0 Å². The number of thioether (sulfide) groups is 1. The number of hydrogen-bond acceptors (Lipinski definition) is 1. The summed E-state index contributed by atoms with van der Waals surface area (Å²) in [6.45, 7) is 4.88. The predicted octanol–water partition coefficient (Wildman–Crippen LogP) is 3.95. The van der Waals surface area contributed by atoms with E-state index in [0.717, 1.165) is 34.2 Å². The summed E-state index contributed by atoms with van der Waals surface area (Å²) in [6, 6.07) is 0. The summed E-state index contributed by atoms with van der Waals surface area (Å²) < 4.78 is 0. The Bertz CT molecular complexity index is 225. The summed E-state index contributed by atoms with van der Waals surface area (Å²) in [5.74, 6) is 4.55. The molecule has 6 atom stereocenters. The zero-order valence-corrected chi connectivity index (χ0v) is 10.2. The van der Waals surface area contributed by atoms with Gasteiger partial charge in [-0.3, -0.25) is 0 Å². The Morgan fingerprint density at radius 2 is 1.71 bits per heavy atom. The van der Waals surface area contributed by atoms with E-state index in [1.807, 2.05) is 0 Å². The molecule has 80 valence electrons. The Hall–Kier alpha value is 0.350. The molecular formula is C13H22S. The third kappa shape index (κ3) is 1.14. The Morgan fingerprint density at radius 1 is 1.07 bits per heavy atom. The summed E-state index contributed by atoms with van der Waals surface area (Å²) in [4.78, 5) is 0. The van der Waals surface area contributed by atoms with E-state index >= 15 is 0 Å². The molecule has 0 radical (unpaired) electrons. The average Bonchev–Trinajstić information content (AvgIpc) is 2.46. The summed E-state index contributed by atoms with van der Waals surface area (Å²) >= 11 is 2.31. The van der Waals surface area contributed by atoms with E-state index in [0.29, 0.717) is 0 Å². The van der Waals surface area contributed by atoms with Crippen LogP contribution in [0.25, 0.3) is 0 Å². The van der Waals surface area contributed by atoms with Gasteiger partial charge >= 0.3 is 0 Å². The minimum atomic E-state index is 0.976. The van der Waals surface area contributed by atoms with Gasteiger partial charge in [0.1, 0.15) is 0 Å². The van der Waals surface area contributed by atoms with Gasteiger partial charge < -0.3 is 0 Å². The lowest BCUT2D eigenvalue weighted by molar-refractivity contribution is -0.0428. The summed E-state index contributed by atoms with van der Waals surface area (Å²) in [6.07, 6.45) is 7.60. The van der Waals surface area contributed by atoms with Crippen molar-refractivity contribution in [3.05, 3.63) is 0 Å². The van der Waals surface area contributed by atoms with Crippen molar-refractivity contribution in [2.45, 2.75) is 56.5 Å². The van der Waals surface area contributed by atoms with Crippen LogP contribution in [0.15, 0.2) is 0 Å². The lowest BCUT2D eigenvalue weighted by atomic mass is 9.50. The molecule has 3 fully saturated rings. The fraction of sp³-hybridized carbons (Fsp3) is 1.00. The van der Waals surface area contributed by atoms with Gasteiger partial charge in [-0.25, -0.2) is 0 Å². The van der Waals surface area contributed by atoms with Crippen molar-refractivity contribution < 1.29 is 0 Å². The van der Waals surface area contributed by atoms with Gasteiger partial charge in [0, 0.05) is 10.5 Å². The maximum absolute atomic E-state index is 2.49. The molecule has 0 spiro atoms. The highest BCUT2D eigenvalue weighted by Crippen LogP contribution is 2.64. The van der Waals surface area contributed by atoms with Crippen LogP contribution in [0.4, 0.5) is 0 Å². The Labute approximate surface area is 92.2 Å². The number of hydrogen-bond donors (Lipinski definition) is 0. The molecule has 3 aliphatic rings. The van der Waals surface area contributed by atoms with E-state index in [2.05, 4.69) is 25.6 Å². The van der Waals surface area contributed by atoms with Gasteiger partial charge in [0.2, 0.25) is 0 Å². The summed E-state index contributed by atoms with van der Waals surface area (Å²) in [7, 11) is 0. The molecule has 2 aliphatic carbocycles. The van der Waals surface area contributed by atoms with Crippen LogP contribution in [0.5, 0.6) is 0 Å². The first-order valence-electron chi connectivity index (χ1n) is 6.48. The molecule has 1 aliphatic heterocycles. The largest absolute Gasteiger partial charge is 0.155 e. The van der Waals surface area contributed by atoms with Crippen LogP contribution >= 0.6 is 11.8 Å². The van der Waals surface area contributed by atoms with Crippen LogP contribution in [-0.4, -0.2) is 10.5 Å². The smallest absolute Gasteiger partial charge is 0.00813 e. The first-order chi connectivity index (χ1) is 6.83. The second-order valence-electron chi connectivity index (χ2n) is 5.55. The van der Waals surface area contributed by atoms with E-state index in [1.165, 1.54) is 19.3 Å². The van der Waals surface area contributed by atoms with Crippen molar-refractivity contribution in [2.75, 3.05) is 0 Å². The van der Waals surface area contributed by atoms with Crippen molar-refractivity contribution >= 4 is 11.8 Å². The van der Waals surface area contributed by atoms with Gasteiger partial charge in [-0.1, -0.05) is 26.7 Å². The van der Waals surface area contributed by atoms with Crippen molar-refractivity contribution in [1.29, 1.82) is 0 Å². The molecule has 0 N–H and O–H groups in total. The molecule has 0 bridgehead atoms. The second-order valence-corrected chi connectivity index (χ2v) is 7.18. The van der Waals surface area contributed by atoms with Crippen molar-refractivity contribution in [2.24, 2.45) is 23.7 Å². The van der Waals surface area contributed by atoms with Crippen molar-refractivity contribution in [3.8, 4) is 0 Å². The zero-order chi connectivity index (χ0) is 9.71. The highest BCUT2D eigenvalue weighted by atomic mass is 32.2. The molecule has 0 aromatic heterocycles. The molecule has 0 aromatic carbocycles. The van der Waals surface area contributed by atoms with E-state index in [1.54, 1.807) is 12.8 Å². The maximum atomic E-state index is 2.49. The van der Waals surface area contributed by atoms with Crippen LogP contribution in [0.1, 0.15) is 46.0 Å². The second kappa shape index (κ2) is 3.43. The third-order valence-corrected chi connectivity index (χ3v) is 6.81. The van der Waals surface area contributed by atoms with Crippen LogP contribution in [0, 0.1) is 23.7 Å². The minimum absolute atomic E-state index is 0.976. The molecule has 1 saturated heterocycles. The molecule has 2 saturated carbocycles. The van der Waals surface area contributed by atoms with E-state index in [9.17, 15) is 0 Å². The number of rotatable bonds is 1. The lowest BCUT2D eigenvalue weighted by Gasteiger charge is -2.54. The molecule has 0 aromatic rings. The van der Waals surface area contributed by atoms with Gasteiger partial charge in [-0.15, -0.1) is 0 Å². The molecule has 1 heterocycles. The van der Waals surface area contributed by atoms with Crippen molar-refractivity contribution in [1.82, 2.24) is 0 Å². The molecule has 5 unspecified atom stereocenters. The minimum Gasteiger partial charge on any atom is -0.155 e. The first kappa shape index (κ1) is 9.57. The summed E-state index contributed by atoms with van der Waals surface area (Å²) in [5.41, 5.74) is 0. The normalized spacial score (nSPS) is 56.1. The molecule has 3 rings (SSSR count). The van der Waals surface area contributed by atoms with Crippen LogP contribution < -0.4 is 0 Å². The van der Waals surface area contributed by atoms with Crippen molar-refractivity contribution in [3.63, 3.8) is 0 Å². The first-order valence-corrected chi connectivity index (χ1v) is 7.42. The predicted molar refractivity (Wildman–Crippen MR) is 63.6 cm³/mol. The monoisotopic (exact) mass is 210 g/mol. The van der Waals surface area contributed by atoms with Gasteiger partial charge in [-0.05, 0) is 42.9 Å². The van der Waals surface area contributed by atoms with Gasteiger partial charge in [0.15, 0.2) is 0 Å². The maximum Gasteiger partial charge on any atom is 0.00813 e. The van der Waals surface area contributed by atoms with Gasteiger partial charge in [-0.2, -0.15) is 11.8 Å². The molecular weight excluding hydrogens is 188 g/mol. The Morgan fingerprint density at radius 3 is 2.36 bits per heavy atom. The quantitative estimate of drug-likeness (QED) is 0.631. The fourth-order valence-corrected chi connectivity index (χ4v) is 6.45. The summed E-state index contributed by atoms with van der Waals surface area (Å²) in [5, 5.41) is 2.00. The van der Waals surface area contributed by atoms with Crippen LogP contribution in [-0.2, 0) is 0 Å². The molecule has 0 nitrogen and oxygen atoms in total. The molecule has 14 heavy (non-hydrogen) atoms. The van der Waals surface area contributed by atoms with E-state index in [4.69, 9.17) is 0 Å². The van der Waals surface area contributed by atoms with Gasteiger partial charge in [0.05, 0.1) is 0 Å². The average molecular weight is 210 g/mol. The fourth-order valence-electron chi connectivity index (χ4n) is 4.58. The molecule has 1 heteroatoms. The van der Waals surface area contributed by atoms with Gasteiger partial charge in [0.25, 0.3) is 0 Å². The van der Waals surface area contributed by atoms with Crippen LogP contribution in [0.2, 0.25) is 0 Å². The zero-order valence-electron chi connectivity index (χ0n) is 9.41. The molecule has 0 amide bonds. The Kier molecular flexibility index (Phi) is 2.35. The van der Waals surface area contributed by atoms with Crippen LogP contribution in [0.3, 0.4) is 0 Å². The van der Waals surface area contributed by atoms with E-state index < -0.39 is 0 Å². The lowest BCUT2D eigenvalue weighted by Crippen LogP contribution is -2.51. The number of fused-ring (bicyclic) bond motifs is 4. The topological polar surface area (TPSA) is 0 Å². The highest BCUT2D eigenvalue weighted by Gasteiger charge is 2.58. The Balaban J connectivity index is 1.79. The third-order valence-electron chi connectivity index (χ3n) is 5.07. The standard InChI is InChI=1S/C13H22S/c1-3-11-13-10-7-5-4-6-9(10)12(13)8(2)14-11/h8-13H,3-7H2,1-2H3/t8?,9?,10?,11?,12-,13?/m0/s1. The SMILES string of the molecule is CCC1SC(C)[C@H]2C3CCCCC3C12.